The number of carbonyl (C=O) groups is 1. The Kier molecular flexibility index (Phi) is 6.31. The molecule has 2 aromatic rings. The lowest BCUT2D eigenvalue weighted by atomic mass is 9.95. The monoisotopic (exact) mass is 416 g/mol. The summed E-state index contributed by atoms with van der Waals surface area (Å²) in [6.07, 6.45) is 3.58. The number of aromatic nitrogens is 1. The van der Waals surface area contributed by atoms with Crippen LogP contribution >= 0.6 is 11.6 Å². The van der Waals surface area contributed by atoms with E-state index in [9.17, 15) is 9.18 Å². The van der Waals surface area contributed by atoms with Crippen LogP contribution in [-0.4, -0.2) is 60.0 Å². The van der Waals surface area contributed by atoms with E-state index < -0.39 is 0 Å². The Hall–Kier alpha value is -2.18. The molecule has 29 heavy (non-hydrogen) atoms. The van der Waals surface area contributed by atoms with E-state index >= 15 is 0 Å². The Morgan fingerprint density at radius 2 is 1.97 bits per heavy atom. The van der Waals surface area contributed by atoms with E-state index in [1.165, 1.54) is 6.07 Å². The molecule has 2 saturated heterocycles. The molecule has 1 aromatic heterocycles. The van der Waals surface area contributed by atoms with Crippen molar-refractivity contribution in [3.8, 4) is 0 Å². The lowest BCUT2D eigenvalue weighted by Gasteiger charge is -2.39. The summed E-state index contributed by atoms with van der Waals surface area (Å²) in [5.74, 6) is 0.968. The van der Waals surface area contributed by atoms with E-state index in [0.29, 0.717) is 24.7 Å². The lowest BCUT2D eigenvalue weighted by molar-refractivity contribution is -0.137. The minimum Gasteiger partial charge on any atom is -0.353 e. The molecule has 0 bridgehead atoms. The molecule has 0 aliphatic carbocycles. The van der Waals surface area contributed by atoms with Crippen LogP contribution in [0.15, 0.2) is 42.6 Å². The van der Waals surface area contributed by atoms with Crippen molar-refractivity contribution in [2.75, 3.05) is 44.2 Å². The van der Waals surface area contributed by atoms with Crippen LogP contribution in [0.25, 0.3) is 0 Å². The van der Waals surface area contributed by atoms with Gasteiger partial charge in [0, 0.05) is 45.5 Å². The predicted octanol–water partition coefficient (Wildman–Crippen LogP) is 3.43. The van der Waals surface area contributed by atoms with Gasteiger partial charge in [-0.25, -0.2) is 9.37 Å². The number of rotatable bonds is 4. The van der Waals surface area contributed by atoms with E-state index in [2.05, 4.69) is 14.8 Å². The van der Waals surface area contributed by atoms with Gasteiger partial charge in [0.2, 0.25) is 5.91 Å². The zero-order valence-electron chi connectivity index (χ0n) is 16.4. The molecule has 154 valence electrons. The van der Waals surface area contributed by atoms with Crippen LogP contribution in [0.2, 0.25) is 5.02 Å². The molecule has 1 aromatic carbocycles. The molecule has 2 aliphatic rings. The highest BCUT2D eigenvalue weighted by molar-refractivity contribution is 6.30. The van der Waals surface area contributed by atoms with Crippen LogP contribution in [0.4, 0.5) is 10.2 Å². The summed E-state index contributed by atoms with van der Waals surface area (Å²) < 4.78 is 13.4. The first-order chi connectivity index (χ1) is 14.1. The molecule has 1 atom stereocenters. The molecule has 2 fully saturated rings. The van der Waals surface area contributed by atoms with Gasteiger partial charge in [-0.2, -0.15) is 0 Å². The number of amides is 1. The van der Waals surface area contributed by atoms with Gasteiger partial charge in [0.1, 0.15) is 11.6 Å². The van der Waals surface area contributed by atoms with Gasteiger partial charge in [-0.1, -0.05) is 23.7 Å². The molecule has 0 radical (unpaired) electrons. The van der Waals surface area contributed by atoms with Gasteiger partial charge in [0.15, 0.2) is 0 Å². The van der Waals surface area contributed by atoms with Gasteiger partial charge in [0.25, 0.3) is 0 Å². The minimum atomic E-state index is -0.208. The molecular weight excluding hydrogens is 391 g/mol. The second kappa shape index (κ2) is 9.09. The van der Waals surface area contributed by atoms with E-state index in [1.807, 2.05) is 23.1 Å². The number of carbonyl (C=O) groups excluding carboxylic acids is 1. The number of halogens is 2. The summed E-state index contributed by atoms with van der Waals surface area (Å²) in [7, 11) is 0. The second-order valence-corrected chi connectivity index (χ2v) is 8.29. The van der Waals surface area contributed by atoms with Crippen molar-refractivity contribution in [2.45, 2.75) is 19.4 Å². The molecule has 2 aliphatic heterocycles. The number of benzene rings is 1. The van der Waals surface area contributed by atoms with Crippen LogP contribution in [0.5, 0.6) is 0 Å². The average Bonchev–Trinajstić information content (AvgIpc) is 2.74. The van der Waals surface area contributed by atoms with E-state index in [-0.39, 0.29) is 17.6 Å². The molecule has 0 N–H and O–H groups in total. The molecule has 4 rings (SSSR count). The first-order valence-corrected chi connectivity index (χ1v) is 10.6. The average molecular weight is 417 g/mol. The van der Waals surface area contributed by atoms with Crippen molar-refractivity contribution in [1.82, 2.24) is 14.8 Å². The third kappa shape index (κ3) is 5.06. The zero-order valence-corrected chi connectivity index (χ0v) is 17.2. The molecular formula is C22H26ClFN4O. The van der Waals surface area contributed by atoms with Crippen molar-refractivity contribution in [2.24, 2.45) is 5.92 Å². The number of likely N-dealkylation sites (tertiary alicyclic amines) is 1. The summed E-state index contributed by atoms with van der Waals surface area (Å²) in [4.78, 5) is 23.9. The number of piperazine rings is 1. The van der Waals surface area contributed by atoms with Crippen molar-refractivity contribution >= 4 is 23.3 Å². The number of pyridine rings is 1. The quantitative estimate of drug-likeness (QED) is 0.765. The van der Waals surface area contributed by atoms with Crippen LogP contribution in [0.3, 0.4) is 0 Å². The van der Waals surface area contributed by atoms with Crippen molar-refractivity contribution < 1.29 is 9.18 Å². The van der Waals surface area contributed by atoms with Crippen molar-refractivity contribution in [3.63, 3.8) is 0 Å². The van der Waals surface area contributed by atoms with Crippen LogP contribution in [0.1, 0.15) is 18.4 Å². The maximum Gasteiger partial charge on any atom is 0.227 e. The van der Waals surface area contributed by atoms with Crippen LogP contribution in [-0.2, 0) is 11.3 Å². The summed E-state index contributed by atoms with van der Waals surface area (Å²) in [5.41, 5.74) is 0.960. The number of hydrogen-bond donors (Lipinski definition) is 0. The normalized spacial score (nSPS) is 20.7. The fourth-order valence-corrected chi connectivity index (χ4v) is 4.38. The van der Waals surface area contributed by atoms with Crippen LogP contribution in [0, 0.1) is 11.7 Å². The molecule has 0 saturated carbocycles. The lowest BCUT2D eigenvalue weighted by Crippen LogP contribution is -2.52. The topological polar surface area (TPSA) is 39.7 Å². The highest BCUT2D eigenvalue weighted by Crippen LogP contribution is 2.23. The van der Waals surface area contributed by atoms with E-state index in [4.69, 9.17) is 11.6 Å². The molecule has 3 heterocycles. The van der Waals surface area contributed by atoms with Gasteiger partial charge in [-0.05, 0) is 49.2 Å². The van der Waals surface area contributed by atoms with E-state index in [1.54, 1.807) is 18.3 Å². The number of hydrogen-bond acceptors (Lipinski definition) is 4. The Bertz CT molecular complexity index is 839. The van der Waals surface area contributed by atoms with E-state index in [0.717, 1.165) is 50.4 Å². The third-order valence-electron chi connectivity index (χ3n) is 5.78. The van der Waals surface area contributed by atoms with Gasteiger partial charge in [-0.15, -0.1) is 0 Å². The fourth-order valence-electron chi connectivity index (χ4n) is 4.26. The first-order valence-electron chi connectivity index (χ1n) is 10.2. The Labute approximate surface area is 176 Å². The van der Waals surface area contributed by atoms with Gasteiger partial charge in [-0.3, -0.25) is 9.69 Å². The highest BCUT2D eigenvalue weighted by atomic mass is 35.5. The molecule has 1 unspecified atom stereocenters. The van der Waals surface area contributed by atoms with Gasteiger partial charge in [0.05, 0.1) is 10.9 Å². The van der Waals surface area contributed by atoms with Crippen molar-refractivity contribution in [1.29, 1.82) is 0 Å². The fraction of sp³-hybridized carbons (Fsp3) is 0.455. The highest BCUT2D eigenvalue weighted by Gasteiger charge is 2.31. The largest absolute Gasteiger partial charge is 0.353 e. The summed E-state index contributed by atoms with van der Waals surface area (Å²) in [6, 6.07) is 10.5. The summed E-state index contributed by atoms with van der Waals surface area (Å²) >= 11 is 5.92. The van der Waals surface area contributed by atoms with Gasteiger partial charge < -0.3 is 9.80 Å². The standard InChI is InChI=1S/C22H26ClFN4O/c23-19-6-7-21(25-14-19)27-9-11-28(12-10-27)22(29)18-4-2-8-26(16-18)15-17-3-1-5-20(24)13-17/h1,3,5-7,13-14,18H,2,4,8-12,15-16H2. The first kappa shape index (κ1) is 20.1. The molecule has 0 spiro atoms. The summed E-state index contributed by atoms with van der Waals surface area (Å²) in [5, 5.41) is 0.627. The SMILES string of the molecule is O=C(C1CCCN(Cc2cccc(F)c2)C1)N1CCN(c2ccc(Cl)cn2)CC1. The van der Waals surface area contributed by atoms with Crippen LogP contribution < -0.4 is 4.90 Å². The number of anilines is 1. The summed E-state index contributed by atoms with van der Waals surface area (Å²) in [6.45, 7) is 5.37. The zero-order chi connectivity index (χ0) is 20.2. The third-order valence-corrected chi connectivity index (χ3v) is 6.00. The number of nitrogens with zero attached hydrogens (tertiary/aromatic N) is 4. The predicted molar refractivity (Wildman–Crippen MR) is 112 cm³/mol. The molecule has 1 amide bonds. The maximum atomic E-state index is 13.4. The smallest absolute Gasteiger partial charge is 0.227 e. The Morgan fingerprint density at radius 3 is 2.69 bits per heavy atom. The van der Waals surface area contributed by atoms with Gasteiger partial charge >= 0.3 is 0 Å². The Morgan fingerprint density at radius 1 is 1.14 bits per heavy atom. The second-order valence-electron chi connectivity index (χ2n) is 7.85. The molecule has 5 nitrogen and oxygen atoms in total. The minimum absolute atomic E-state index is 0.0255. The van der Waals surface area contributed by atoms with Crippen molar-refractivity contribution in [3.05, 3.63) is 59.0 Å². The number of piperidine rings is 1. The maximum absolute atomic E-state index is 13.4. The molecule has 7 heteroatoms. The Balaban J connectivity index is 1.30.